The Balaban J connectivity index is 1.60. The van der Waals surface area contributed by atoms with Crippen LogP contribution in [-0.4, -0.2) is 17.4 Å². The van der Waals surface area contributed by atoms with E-state index in [9.17, 15) is 4.79 Å². The number of furan rings is 1. The Morgan fingerprint density at radius 3 is 2.96 bits per heavy atom. The molecule has 0 radical (unpaired) electrons. The molecule has 0 unspecified atom stereocenters. The molecule has 5 heteroatoms. The number of para-hydroxylation sites is 1. The Bertz CT molecular complexity index is 859. The van der Waals surface area contributed by atoms with Crippen molar-refractivity contribution in [1.82, 2.24) is 10.3 Å². The normalized spacial score (nSPS) is 12.9. The summed E-state index contributed by atoms with van der Waals surface area (Å²) in [6.45, 7) is 1.19. The lowest BCUT2D eigenvalue weighted by atomic mass is 10.2. The predicted molar refractivity (Wildman–Crippen MR) is 91.3 cm³/mol. The maximum absolute atomic E-state index is 12.6. The third-order valence-electron chi connectivity index (χ3n) is 4.18. The standard InChI is InChI=1S/C19H17N3O2/c23-19(21-13-15-6-4-12-24-15)16-7-3-10-20-18(16)22-11-9-14-5-1-2-8-17(14)22/h1-8,10,12H,9,11,13H2,(H,21,23). The molecule has 3 heterocycles. The maximum atomic E-state index is 12.6. The minimum Gasteiger partial charge on any atom is -0.467 e. The fourth-order valence-electron chi connectivity index (χ4n) is 3.02. The van der Waals surface area contributed by atoms with Gasteiger partial charge in [-0.2, -0.15) is 0 Å². The summed E-state index contributed by atoms with van der Waals surface area (Å²) in [6, 6.07) is 15.5. The molecule has 0 saturated carbocycles. The van der Waals surface area contributed by atoms with Gasteiger partial charge in [-0.1, -0.05) is 18.2 Å². The van der Waals surface area contributed by atoms with Crippen LogP contribution in [0.1, 0.15) is 21.7 Å². The van der Waals surface area contributed by atoms with Gasteiger partial charge in [-0.3, -0.25) is 4.79 Å². The third-order valence-corrected chi connectivity index (χ3v) is 4.18. The lowest BCUT2D eigenvalue weighted by molar-refractivity contribution is 0.0948. The molecule has 5 nitrogen and oxygen atoms in total. The molecule has 0 spiro atoms. The van der Waals surface area contributed by atoms with E-state index in [-0.39, 0.29) is 5.91 Å². The number of fused-ring (bicyclic) bond motifs is 1. The number of hydrogen-bond acceptors (Lipinski definition) is 4. The highest BCUT2D eigenvalue weighted by Gasteiger charge is 2.25. The van der Waals surface area contributed by atoms with Crippen LogP contribution in [0.3, 0.4) is 0 Å². The lowest BCUT2D eigenvalue weighted by Gasteiger charge is -2.21. The SMILES string of the molecule is O=C(NCc1ccco1)c1cccnc1N1CCc2ccccc21. The second kappa shape index (κ2) is 6.20. The Kier molecular flexibility index (Phi) is 3.75. The highest BCUT2D eigenvalue weighted by molar-refractivity contribution is 5.99. The van der Waals surface area contributed by atoms with Crippen LogP contribution in [0.25, 0.3) is 0 Å². The zero-order chi connectivity index (χ0) is 16.4. The molecule has 3 aromatic rings. The summed E-state index contributed by atoms with van der Waals surface area (Å²) in [4.78, 5) is 19.2. The van der Waals surface area contributed by atoms with Gasteiger partial charge in [0.2, 0.25) is 0 Å². The smallest absolute Gasteiger partial charge is 0.255 e. The van der Waals surface area contributed by atoms with E-state index in [1.54, 1.807) is 30.7 Å². The Morgan fingerprint density at radius 2 is 2.08 bits per heavy atom. The van der Waals surface area contributed by atoms with Gasteiger partial charge in [0.15, 0.2) is 0 Å². The number of pyridine rings is 1. The quantitative estimate of drug-likeness (QED) is 0.801. The Morgan fingerprint density at radius 1 is 1.17 bits per heavy atom. The molecular formula is C19H17N3O2. The number of amides is 1. The molecule has 1 aliphatic heterocycles. The number of carbonyl (C=O) groups excluding carboxylic acids is 1. The topological polar surface area (TPSA) is 58.4 Å². The Hall–Kier alpha value is -3.08. The molecule has 0 fully saturated rings. The van der Waals surface area contributed by atoms with Gasteiger partial charge in [0.05, 0.1) is 18.4 Å². The van der Waals surface area contributed by atoms with Gasteiger partial charge in [0, 0.05) is 18.4 Å². The Labute approximate surface area is 139 Å². The van der Waals surface area contributed by atoms with Crippen molar-refractivity contribution in [1.29, 1.82) is 0 Å². The van der Waals surface area contributed by atoms with E-state index < -0.39 is 0 Å². The molecule has 24 heavy (non-hydrogen) atoms. The molecule has 1 amide bonds. The van der Waals surface area contributed by atoms with Crippen LogP contribution in [0, 0.1) is 0 Å². The molecule has 1 N–H and O–H groups in total. The van der Waals surface area contributed by atoms with Crippen molar-refractivity contribution >= 4 is 17.4 Å². The molecule has 120 valence electrons. The van der Waals surface area contributed by atoms with Crippen molar-refractivity contribution in [2.24, 2.45) is 0 Å². The number of benzene rings is 1. The first-order chi connectivity index (χ1) is 11.8. The summed E-state index contributed by atoms with van der Waals surface area (Å²) in [5.74, 6) is 1.26. The van der Waals surface area contributed by atoms with Gasteiger partial charge in [-0.05, 0) is 42.3 Å². The molecule has 0 aliphatic carbocycles. The summed E-state index contributed by atoms with van der Waals surface area (Å²) in [6.07, 6.45) is 4.28. The number of rotatable bonds is 4. The van der Waals surface area contributed by atoms with Crippen molar-refractivity contribution in [2.45, 2.75) is 13.0 Å². The van der Waals surface area contributed by atoms with E-state index in [1.807, 2.05) is 18.2 Å². The average Bonchev–Trinajstić information content (AvgIpc) is 3.29. The number of nitrogens with one attached hydrogen (secondary N) is 1. The maximum Gasteiger partial charge on any atom is 0.255 e. The number of anilines is 2. The molecule has 0 bridgehead atoms. The minimum atomic E-state index is -0.154. The monoisotopic (exact) mass is 319 g/mol. The zero-order valence-corrected chi connectivity index (χ0v) is 13.1. The van der Waals surface area contributed by atoms with E-state index in [0.29, 0.717) is 17.9 Å². The highest BCUT2D eigenvalue weighted by Crippen LogP contribution is 2.34. The number of hydrogen-bond donors (Lipinski definition) is 1. The number of aromatic nitrogens is 1. The van der Waals surface area contributed by atoms with Crippen molar-refractivity contribution in [3.8, 4) is 0 Å². The molecule has 1 aromatic carbocycles. The zero-order valence-electron chi connectivity index (χ0n) is 13.1. The van der Waals surface area contributed by atoms with E-state index in [4.69, 9.17) is 4.42 Å². The van der Waals surface area contributed by atoms with Gasteiger partial charge in [0.25, 0.3) is 5.91 Å². The van der Waals surface area contributed by atoms with E-state index in [1.165, 1.54) is 5.56 Å². The fourth-order valence-corrected chi connectivity index (χ4v) is 3.02. The summed E-state index contributed by atoms with van der Waals surface area (Å²) in [5.41, 5.74) is 2.97. The lowest BCUT2D eigenvalue weighted by Crippen LogP contribution is -2.26. The fraction of sp³-hybridized carbons (Fsp3) is 0.158. The predicted octanol–water partition coefficient (Wildman–Crippen LogP) is 3.30. The first kappa shape index (κ1) is 14.5. The van der Waals surface area contributed by atoms with Gasteiger partial charge in [-0.25, -0.2) is 4.98 Å². The second-order valence-corrected chi connectivity index (χ2v) is 5.67. The molecule has 0 saturated heterocycles. The van der Waals surface area contributed by atoms with Crippen LogP contribution < -0.4 is 10.2 Å². The van der Waals surface area contributed by atoms with Crippen molar-refractivity contribution in [3.05, 3.63) is 77.9 Å². The number of carbonyl (C=O) groups is 1. The number of nitrogens with zero attached hydrogens (tertiary/aromatic N) is 2. The van der Waals surface area contributed by atoms with Crippen LogP contribution in [-0.2, 0) is 13.0 Å². The molecule has 4 rings (SSSR count). The van der Waals surface area contributed by atoms with Crippen LogP contribution in [0.2, 0.25) is 0 Å². The van der Waals surface area contributed by atoms with Gasteiger partial charge in [0.1, 0.15) is 11.6 Å². The van der Waals surface area contributed by atoms with Crippen LogP contribution in [0.4, 0.5) is 11.5 Å². The average molecular weight is 319 g/mol. The minimum absolute atomic E-state index is 0.154. The summed E-state index contributed by atoms with van der Waals surface area (Å²) in [7, 11) is 0. The summed E-state index contributed by atoms with van der Waals surface area (Å²) >= 11 is 0. The first-order valence-corrected chi connectivity index (χ1v) is 7.94. The van der Waals surface area contributed by atoms with Crippen LogP contribution in [0.5, 0.6) is 0 Å². The van der Waals surface area contributed by atoms with Crippen LogP contribution >= 0.6 is 0 Å². The molecule has 2 aromatic heterocycles. The highest BCUT2D eigenvalue weighted by atomic mass is 16.3. The molecular weight excluding hydrogens is 302 g/mol. The summed E-state index contributed by atoms with van der Waals surface area (Å²) < 4.78 is 5.26. The third kappa shape index (κ3) is 2.65. The van der Waals surface area contributed by atoms with Gasteiger partial charge in [-0.15, -0.1) is 0 Å². The molecule has 0 atom stereocenters. The first-order valence-electron chi connectivity index (χ1n) is 7.94. The summed E-state index contributed by atoms with van der Waals surface area (Å²) in [5, 5.41) is 2.89. The van der Waals surface area contributed by atoms with E-state index >= 15 is 0 Å². The van der Waals surface area contributed by atoms with Crippen molar-refractivity contribution in [2.75, 3.05) is 11.4 Å². The second-order valence-electron chi connectivity index (χ2n) is 5.67. The van der Waals surface area contributed by atoms with Crippen molar-refractivity contribution in [3.63, 3.8) is 0 Å². The van der Waals surface area contributed by atoms with E-state index in [2.05, 4.69) is 27.3 Å². The largest absolute Gasteiger partial charge is 0.467 e. The van der Waals surface area contributed by atoms with Crippen molar-refractivity contribution < 1.29 is 9.21 Å². The van der Waals surface area contributed by atoms with E-state index in [0.717, 1.165) is 24.4 Å². The van der Waals surface area contributed by atoms with Gasteiger partial charge < -0.3 is 14.6 Å². The molecule has 1 aliphatic rings. The van der Waals surface area contributed by atoms with Gasteiger partial charge >= 0.3 is 0 Å². The van der Waals surface area contributed by atoms with Crippen LogP contribution in [0.15, 0.2) is 65.4 Å².